The number of ether oxygens (including phenoxy) is 2. The topological polar surface area (TPSA) is 84.9 Å². The van der Waals surface area contributed by atoms with Crippen LogP contribution in [-0.4, -0.2) is 28.5 Å². The number of amides is 1. The molecular formula is C30H30N2O5S. The molecule has 0 unspecified atom stereocenters. The van der Waals surface area contributed by atoms with E-state index in [2.05, 4.69) is 5.32 Å². The van der Waals surface area contributed by atoms with Crippen LogP contribution < -0.4 is 19.1 Å². The number of carbonyl (C=O) groups is 1. The van der Waals surface area contributed by atoms with Gasteiger partial charge in [-0.15, -0.1) is 0 Å². The predicted octanol–water partition coefficient (Wildman–Crippen LogP) is 5.59. The monoisotopic (exact) mass is 530 g/mol. The van der Waals surface area contributed by atoms with Gasteiger partial charge in [-0.2, -0.15) is 0 Å². The van der Waals surface area contributed by atoms with Gasteiger partial charge in [0.1, 0.15) is 11.5 Å². The number of rotatable bonds is 10. The summed E-state index contributed by atoms with van der Waals surface area (Å²) in [5.41, 5.74) is 2.21. The van der Waals surface area contributed by atoms with Gasteiger partial charge in [0.05, 0.1) is 43.0 Å². The van der Waals surface area contributed by atoms with Gasteiger partial charge in [0.2, 0.25) is 0 Å². The van der Waals surface area contributed by atoms with Crippen molar-refractivity contribution in [2.75, 3.05) is 18.5 Å². The highest BCUT2D eigenvalue weighted by Crippen LogP contribution is 2.30. The zero-order valence-corrected chi connectivity index (χ0v) is 22.3. The van der Waals surface area contributed by atoms with E-state index in [9.17, 15) is 13.2 Å². The Hall–Kier alpha value is -4.30. The van der Waals surface area contributed by atoms with E-state index < -0.39 is 10.0 Å². The zero-order chi connectivity index (χ0) is 27.1. The third kappa shape index (κ3) is 5.98. The fourth-order valence-electron chi connectivity index (χ4n) is 4.06. The van der Waals surface area contributed by atoms with Crippen molar-refractivity contribution < 1.29 is 22.7 Å². The summed E-state index contributed by atoms with van der Waals surface area (Å²) in [6.45, 7) is 1.92. The first-order valence-electron chi connectivity index (χ1n) is 12.1. The molecule has 0 aliphatic heterocycles. The first kappa shape index (κ1) is 26.8. The van der Waals surface area contributed by atoms with E-state index in [0.717, 1.165) is 16.9 Å². The fraction of sp³-hybridized carbons (Fsp3) is 0.167. The maximum Gasteiger partial charge on any atom is 0.264 e. The Bertz CT molecular complexity index is 1470. The summed E-state index contributed by atoms with van der Waals surface area (Å²) in [6.07, 6.45) is 0. The third-order valence-electron chi connectivity index (χ3n) is 6.20. The molecular weight excluding hydrogens is 500 g/mol. The smallest absolute Gasteiger partial charge is 0.264 e. The molecule has 196 valence electrons. The SMILES string of the molecule is COc1ccc([C@H](C)NC(=O)c2ccccc2N(Cc2ccccc2)S(=O)(=O)c2ccc(OC)cc2)cc1. The van der Waals surface area contributed by atoms with Gasteiger partial charge in [-0.25, -0.2) is 8.42 Å². The molecule has 7 nitrogen and oxygen atoms in total. The van der Waals surface area contributed by atoms with E-state index in [0.29, 0.717) is 5.75 Å². The van der Waals surface area contributed by atoms with Gasteiger partial charge < -0.3 is 14.8 Å². The van der Waals surface area contributed by atoms with Gasteiger partial charge in [-0.1, -0.05) is 54.6 Å². The van der Waals surface area contributed by atoms with E-state index in [-0.39, 0.29) is 34.6 Å². The van der Waals surface area contributed by atoms with E-state index in [1.54, 1.807) is 43.5 Å². The summed E-state index contributed by atoms with van der Waals surface area (Å²) in [5.74, 6) is 0.885. The molecule has 0 aliphatic carbocycles. The Balaban J connectivity index is 1.71. The highest BCUT2D eigenvalue weighted by atomic mass is 32.2. The minimum atomic E-state index is -4.04. The van der Waals surface area contributed by atoms with E-state index in [1.165, 1.54) is 23.5 Å². The molecule has 8 heteroatoms. The van der Waals surface area contributed by atoms with Crippen LogP contribution in [-0.2, 0) is 16.6 Å². The molecule has 0 aromatic heterocycles. The largest absolute Gasteiger partial charge is 0.497 e. The summed E-state index contributed by atoms with van der Waals surface area (Å²) in [4.78, 5) is 13.6. The van der Waals surface area contributed by atoms with Crippen molar-refractivity contribution in [1.29, 1.82) is 0 Å². The van der Waals surface area contributed by atoms with Crippen LogP contribution >= 0.6 is 0 Å². The number of methoxy groups -OCH3 is 2. The van der Waals surface area contributed by atoms with Gasteiger partial charge in [-0.05, 0) is 66.6 Å². The molecule has 1 N–H and O–H groups in total. The van der Waals surface area contributed by atoms with Crippen molar-refractivity contribution in [2.45, 2.75) is 24.4 Å². The van der Waals surface area contributed by atoms with Crippen molar-refractivity contribution in [3.63, 3.8) is 0 Å². The first-order valence-corrected chi connectivity index (χ1v) is 13.5. The predicted molar refractivity (Wildman–Crippen MR) is 148 cm³/mol. The Morgan fingerprint density at radius 1 is 0.789 bits per heavy atom. The molecule has 0 bridgehead atoms. The van der Waals surface area contributed by atoms with Crippen molar-refractivity contribution in [2.24, 2.45) is 0 Å². The molecule has 1 amide bonds. The molecule has 0 aliphatic rings. The molecule has 1 atom stereocenters. The van der Waals surface area contributed by atoms with Crippen LogP contribution in [0.15, 0.2) is 108 Å². The molecule has 0 radical (unpaired) electrons. The second kappa shape index (κ2) is 11.8. The average Bonchev–Trinajstić information content (AvgIpc) is 2.96. The number of hydrogen-bond donors (Lipinski definition) is 1. The summed E-state index contributed by atoms with van der Waals surface area (Å²) in [7, 11) is -0.921. The molecule has 4 aromatic carbocycles. The first-order chi connectivity index (χ1) is 18.3. The lowest BCUT2D eigenvalue weighted by Crippen LogP contribution is -2.34. The number of anilines is 1. The number of para-hydroxylation sites is 1. The summed E-state index contributed by atoms with van der Waals surface area (Å²) in [5, 5.41) is 3.00. The van der Waals surface area contributed by atoms with Gasteiger partial charge in [-0.3, -0.25) is 9.10 Å². The second-order valence-corrected chi connectivity index (χ2v) is 10.5. The second-order valence-electron chi connectivity index (χ2n) is 8.66. The van der Waals surface area contributed by atoms with E-state index in [1.807, 2.05) is 61.5 Å². The maximum absolute atomic E-state index is 14.0. The highest BCUT2D eigenvalue weighted by Gasteiger charge is 2.29. The molecule has 4 rings (SSSR count). The van der Waals surface area contributed by atoms with Gasteiger partial charge in [0.15, 0.2) is 0 Å². The van der Waals surface area contributed by atoms with E-state index in [4.69, 9.17) is 9.47 Å². The molecule has 0 saturated heterocycles. The highest BCUT2D eigenvalue weighted by molar-refractivity contribution is 7.92. The van der Waals surface area contributed by atoms with Crippen molar-refractivity contribution in [3.8, 4) is 11.5 Å². The maximum atomic E-state index is 14.0. The van der Waals surface area contributed by atoms with Crippen LogP contribution in [0.3, 0.4) is 0 Å². The number of sulfonamides is 1. The summed E-state index contributed by atoms with van der Waals surface area (Å²) < 4.78 is 39.6. The number of hydrogen-bond acceptors (Lipinski definition) is 5. The Morgan fingerprint density at radius 2 is 1.34 bits per heavy atom. The van der Waals surface area contributed by atoms with Crippen LogP contribution in [0.25, 0.3) is 0 Å². The Labute approximate surface area is 223 Å². The van der Waals surface area contributed by atoms with Crippen LogP contribution in [0.2, 0.25) is 0 Å². The lowest BCUT2D eigenvalue weighted by molar-refractivity contribution is 0.0940. The zero-order valence-electron chi connectivity index (χ0n) is 21.5. The molecule has 38 heavy (non-hydrogen) atoms. The molecule has 0 fully saturated rings. The summed E-state index contributed by atoms with van der Waals surface area (Å²) in [6, 6.07) is 29.3. The lowest BCUT2D eigenvalue weighted by Gasteiger charge is -2.27. The van der Waals surface area contributed by atoms with Gasteiger partial charge in [0.25, 0.3) is 15.9 Å². The third-order valence-corrected chi connectivity index (χ3v) is 7.97. The van der Waals surface area contributed by atoms with Crippen LogP contribution in [0.1, 0.15) is 34.5 Å². The lowest BCUT2D eigenvalue weighted by atomic mass is 10.1. The minimum absolute atomic E-state index is 0.0491. The Kier molecular flexibility index (Phi) is 8.33. The normalized spacial score (nSPS) is 11.9. The van der Waals surface area contributed by atoms with Crippen molar-refractivity contribution >= 4 is 21.6 Å². The van der Waals surface area contributed by atoms with Gasteiger partial charge in [0, 0.05) is 0 Å². The molecule has 4 aromatic rings. The van der Waals surface area contributed by atoms with Crippen LogP contribution in [0.5, 0.6) is 11.5 Å². The molecule has 0 heterocycles. The van der Waals surface area contributed by atoms with Crippen molar-refractivity contribution in [1.82, 2.24) is 5.32 Å². The number of nitrogens with zero attached hydrogens (tertiary/aromatic N) is 1. The molecule has 0 spiro atoms. The van der Waals surface area contributed by atoms with E-state index >= 15 is 0 Å². The van der Waals surface area contributed by atoms with Crippen LogP contribution in [0, 0.1) is 0 Å². The number of benzene rings is 4. The van der Waals surface area contributed by atoms with Gasteiger partial charge >= 0.3 is 0 Å². The Morgan fingerprint density at radius 3 is 1.95 bits per heavy atom. The molecule has 0 saturated carbocycles. The minimum Gasteiger partial charge on any atom is -0.497 e. The quantitative estimate of drug-likeness (QED) is 0.289. The number of nitrogens with one attached hydrogen (secondary N) is 1. The van der Waals surface area contributed by atoms with Crippen LogP contribution in [0.4, 0.5) is 5.69 Å². The summed E-state index contributed by atoms with van der Waals surface area (Å²) >= 11 is 0. The fourth-order valence-corrected chi connectivity index (χ4v) is 5.53. The standard InChI is InChI=1S/C30H30N2O5S/c1-22(24-13-15-25(36-2)16-14-24)31-30(33)28-11-7-8-12-29(28)32(21-23-9-5-4-6-10-23)38(34,35)27-19-17-26(37-3)18-20-27/h4-20,22H,21H2,1-3H3,(H,31,33)/t22-/m0/s1. The average molecular weight is 531 g/mol. The number of carbonyl (C=O) groups excluding carboxylic acids is 1. The van der Waals surface area contributed by atoms with Crippen molar-refractivity contribution in [3.05, 3.63) is 120 Å².